The normalized spacial score (nSPS) is 21.4. The first kappa shape index (κ1) is 24.4. The van der Waals surface area contributed by atoms with E-state index in [2.05, 4.69) is 23.1 Å². The zero-order chi connectivity index (χ0) is 24.6. The van der Waals surface area contributed by atoms with Crippen molar-refractivity contribution in [2.45, 2.75) is 31.7 Å². The topological polar surface area (TPSA) is 73.8 Å². The average molecular weight is 515 g/mol. The molecule has 35 heavy (non-hydrogen) atoms. The molecule has 7 nitrogen and oxygen atoms in total. The summed E-state index contributed by atoms with van der Waals surface area (Å²) in [5.74, 6) is 0.257. The molecular weight excluding hydrogens is 484 g/mol. The minimum Gasteiger partial charge on any atom is -0.343 e. The lowest BCUT2D eigenvalue weighted by Crippen LogP contribution is -2.49. The van der Waals surface area contributed by atoms with Crippen molar-refractivity contribution in [3.8, 4) is 0 Å². The number of piperazine rings is 1. The molecule has 9 heteroatoms. The zero-order valence-electron chi connectivity index (χ0n) is 20.0. The number of halogens is 1. The van der Waals surface area contributed by atoms with Crippen LogP contribution in [-0.2, 0) is 14.8 Å². The van der Waals surface area contributed by atoms with Gasteiger partial charge in [-0.2, -0.15) is 4.31 Å². The summed E-state index contributed by atoms with van der Waals surface area (Å²) in [6, 6.07) is 10.0. The SMILES string of the molecule is CS(=O)(=O)N1CCN(C2c3ccc(Cl)cc3C=C(CCCN3CCCC3=O)c3cccnc32)CC1. The highest BCUT2D eigenvalue weighted by atomic mass is 35.5. The molecule has 1 unspecified atom stereocenters. The smallest absolute Gasteiger partial charge is 0.222 e. The van der Waals surface area contributed by atoms with Gasteiger partial charge in [-0.25, -0.2) is 8.42 Å². The maximum atomic E-state index is 12.1. The Balaban J connectivity index is 1.47. The Labute approximate surface area is 212 Å². The van der Waals surface area contributed by atoms with Crippen molar-refractivity contribution in [1.29, 1.82) is 0 Å². The highest BCUT2D eigenvalue weighted by Gasteiger charge is 2.34. The van der Waals surface area contributed by atoms with Crippen LogP contribution in [0.2, 0.25) is 5.02 Å². The lowest BCUT2D eigenvalue weighted by atomic mass is 9.95. The first-order valence-corrected chi connectivity index (χ1v) is 14.5. The molecule has 2 aromatic rings. The van der Waals surface area contributed by atoms with Gasteiger partial charge >= 0.3 is 0 Å². The molecule has 5 rings (SSSR count). The molecule has 2 saturated heterocycles. The van der Waals surface area contributed by atoms with Crippen LogP contribution >= 0.6 is 11.6 Å². The predicted octanol–water partition coefficient (Wildman–Crippen LogP) is 3.66. The molecule has 1 atom stereocenters. The monoisotopic (exact) mass is 514 g/mol. The molecular formula is C26H31ClN4O3S. The van der Waals surface area contributed by atoms with Crippen LogP contribution in [0.1, 0.15) is 54.1 Å². The number of nitrogens with zero attached hydrogens (tertiary/aromatic N) is 4. The number of pyridine rings is 1. The number of carbonyl (C=O) groups excluding carboxylic acids is 1. The Morgan fingerprint density at radius 1 is 1.11 bits per heavy atom. The molecule has 186 valence electrons. The van der Waals surface area contributed by atoms with Crippen molar-refractivity contribution < 1.29 is 13.2 Å². The fourth-order valence-corrected chi connectivity index (χ4v) is 6.52. The van der Waals surface area contributed by atoms with Gasteiger partial charge < -0.3 is 4.90 Å². The van der Waals surface area contributed by atoms with E-state index in [9.17, 15) is 13.2 Å². The Morgan fingerprint density at radius 2 is 1.91 bits per heavy atom. The van der Waals surface area contributed by atoms with Crippen LogP contribution in [0.25, 0.3) is 11.6 Å². The van der Waals surface area contributed by atoms with E-state index in [1.54, 1.807) is 4.31 Å². The molecule has 2 aliphatic heterocycles. The second kappa shape index (κ2) is 10.0. The lowest BCUT2D eigenvalue weighted by molar-refractivity contribution is -0.127. The highest BCUT2D eigenvalue weighted by molar-refractivity contribution is 7.88. The quantitative estimate of drug-likeness (QED) is 0.588. The molecule has 0 bridgehead atoms. The number of likely N-dealkylation sites (tertiary alicyclic amines) is 1. The fraction of sp³-hybridized carbons (Fsp3) is 0.462. The van der Waals surface area contributed by atoms with Crippen LogP contribution < -0.4 is 0 Å². The third-order valence-corrected chi connectivity index (χ3v) is 8.81. The van der Waals surface area contributed by atoms with Crippen molar-refractivity contribution in [1.82, 2.24) is 19.1 Å². The highest BCUT2D eigenvalue weighted by Crippen LogP contribution is 2.41. The van der Waals surface area contributed by atoms with E-state index >= 15 is 0 Å². The summed E-state index contributed by atoms with van der Waals surface area (Å²) in [6.45, 7) is 3.81. The molecule has 0 N–H and O–H groups in total. The van der Waals surface area contributed by atoms with Crippen LogP contribution in [0.3, 0.4) is 0 Å². The van der Waals surface area contributed by atoms with E-state index in [0.29, 0.717) is 37.6 Å². The number of benzene rings is 1. The van der Waals surface area contributed by atoms with Crippen molar-refractivity contribution in [2.75, 3.05) is 45.5 Å². The number of amides is 1. The van der Waals surface area contributed by atoms with Crippen molar-refractivity contribution in [2.24, 2.45) is 0 Å². The molecule has 1 amide bonds. The first-order chi connectivity index (χ1) is 16.8. The molecule has 1 aromatic heterocycles. The Bertz CT molecular complexity index is 1250. The Morgan fingerprint density at radius 3 is 2.63 bits per heavy atom. The minimum atomic E-state index is -3.21. The number of sulfonamides is 1. The number of aromatic nitrogens is 1. The van der Waals surface area contributed by atoms with Crippen LogP contribution in [0.5, 0.6) is 0 Å². The average Bonchev–Trinajstić information content (AvgIpc) is 3.18. The van der Waals surface area contributed by atoms with Gasteiger partial charge in [0.15, 0.2) is 0 Å². The summed E-state index contributed by atoms with van der Waals surface area (Å²) in [5.41, 5.74) is 5.50. The second-order valence-electron chi connectivity index (χ2n) is 9.57. The van der Waals surface area contributed by atoms with Crippen molar-refractivity contribution in [3.05, 3.63) is 63.9 Å². The number of hydrogen-bond donors (Lipinski definition) is 0. The minimum absolute atomic E-state index is 0.0888. The number of allylic oxidation sites excluding steroid dienone is 1. The van der Waals surface area contributed by atoms with Gasteiger partial charge in [-0.05, 0) is 54.2 Å². The van der Waals surface area contributed by atoms with Crippen LogP contribution in [-0.4, -0.2) is 78.9 Å². The van der Waals surface area contributed by atoms with E-state index in [1.807, 2.05) is 29.3 Å². The summed E-state index contributed by atoms with van der Waals surface area (Å²) < 4.78 is 25.7. The Kier molecular flexibility index (Phi) is 6.99. The fourth-order valence-electron chi connectivity index (χ4n) is 5.51. The third kappa shape index (κ3) is 5.16. The van der Waals surface area contributed by atoms with E-state index in [0.717, 1.165) is 54.7 Å². The van der Waals surface area contributed by atoms with Gasteiger partial charge in [-0.3, -0.25) is 14.7 Å². The van der Waals surface area contributed by atoms with E-state index in [4.69, 9.17) is 16.6 Å². The van der Waals surface area contributed by atoms with Gasteiger partial charge in [0.05, 0.1) is 18.0 Å². The van der Waals surface area contributed by atoms with Crippen LogP contribution in [0.15, 0.2) is 36.5 Å². The molecule has 2 fully saturated rings. The molecule has 0 spiro atoms. The molecule has 3 aliphatic rings. The summed E-state index contributed by atoms with van der Waals surface area (Å²) in [4.78, 5) is 21.2. The largest absolute Gasteiger partial charge is 0.343 e. The van der Waals surface area contributed by atoms with Gasteiger partial charge in [0.1, 0.15) is 0 Å². The van der Waals surface area contributed by atoms with E-state index in [-0.39, 0.29) is 11.9 Å². The maximum Gasteiger partial charge on any atom is 0.222 e. The standard InChI is InChI=1S/C26H31ClN4O3S/c1-35(33,34)31-15-13-30(14-16-31)26-23-9-8-21(27)18-20(23)17-19(22-6-2-10-28-25(22)26)5-3-11-29-12-4-7-24(29)32/h2,6,8-10,17-18,26H,3-5,7,11-16H2,1H3. The van der Waals surface area contributed by atoms with E-state index in [1.165, 1.54) is 11.8 Å². The summed E-state index contributed by atoms with van der Waals surface area (Å²) in [6.07, 6.45) is 8.67. The molecule has 0 saturated carbocycles. The summed E-state index contributed by atoms with van der Waals surface area (Å²) >= 11 is 6.42. The maximum absolute atomic E-state index is 12.1. The third-order valence-electron chi connectivity index (χ3n) is 7.27. The lowest BCUT2D eigenvalue weighted by Gasteiger charge is -2.39. The van der Waals surface area contributed by atoms with Gasteiger partial charge in [-0.1, -0.05) is 29.8 Å². The predicted molar refractivity (Wildman–Crippen MR) is 138 cm³/mol. The van der Waals surface area contributed by atoms with Crippen LogP contribution in [0.4, 0.5) is 0 Å². The summed E-state index contributed by atoms with van der Waals surface area (Å²) in [7, 11) is -3.21. The van der Waals surface area contributed by atoms with Crippen molar-refractivity contribution >= 4 is 39.2 Å². The van der Waals surface area contributed by atoms with Gasteiger partial charge in [-0.15, -0.1) is 0 Å². The zero-order valence-corrected chi connectivity index (χ0v) is 21.6. The second-order valence-corrected chi connectivity index (χ2v) is 12.0. The van der Waals surface area contributed by atoms with Gasteiger partial charge in [0.2, 0.25) is 15.9 Å². The number of carbonyl (C=O) groups is 1. The van der Waals surface area contributed by atoms with Crippen LogP contribution in [0, 0.1) is 0 Å². The van der Waals surface area contributed by atoms with Gasteiger partial charge in [0.25, 0.3) is 0 Å². The number of rotatable bonds is 6. The van der Waals surface area contributed by atoms with Crippen molar-refractivity contribution in [3.63, 3.8) is 0 Å². The van der Waals surface area contributed by atoms with E-state index < -0.39 is 10.0 Å². The molecule has 0 radical (unpaired) electrons. The van der Waals surface area contributed by atoms with Gasteiger partial charge in [0, 0.05) is 62.5 Å². The molecule has 3 heterocycles. The first-order valence-electron chi connectivity index (χ1n) is 12.2. The Hall–Kier alpha value is -2.26. The summed E-state index contributed by atoms with van der Waals surface area (Å²) in [5, 5.41) is 0.682. The number of fused-ring (bicyclic) bond motifs is 2. The number of hydrogen-bond acceptors (Lipinski definition) is 5. The molecule has 1 aliphatic carbocycles. The molecule has 1 aromatic carbocycles.